The first-order valence-electron chi connectivity index (χ1n) is 9.33. The molecular formula is C21H20N4O3S. The number of nitrogens with one attached hydrogen (secondary N) is 1. The van der Waals surface area contributed by atoms with Crippen LogP contribution in [0.2, 0.25) is 0 Å². The molecule has 1 N–H and O–H groups in total. The summed E-state index contributed by atoms with van der Waals surface area (Å²) in [5.41, 5.74) is 2.16. The third-order valence-electron chi connectivity index (χ3n) is 4.59. The van der Waals surface area contributed by atoms with Crippen molar-refractivity contribution >= 4 is 38.3 Å². The van der Waals surface area contributed by atoms with Crippen LogP contribution in [0, 0.1) is 11.3 Å². The molecule has 1 aliphatic heterocycles. The summed E-state index contributed by atoms with van der Waals surface area (Å²) < 4.78 is 12.1. The molecule has 3 aromatic rings. The molecule has 0 spiro atoms. The van der Waals surface area contributed by atoms with Crippen molar-refractivity contribution < 1.29 is 14.3 Å². The summed E-state index contributed by atoms with van der Waals surface area (Å²) in [6, 6.07) is 14.4. The van der Waals surface area contributed by atoms with Crippen molar-refractivity contribution in [3.8, 4) is 11.8 Å². The highest BCUT2D eigenvalue weighted by molar-refractivity contribution is 7.22. The molecule has 0 saturated carbocycles. The van der Waals surface area contributed by atoms with Crippen molar-refractivity contribution in [1.82, 2.24) is 4.98 Å². The first-order valence-corrected chi connectivity index (χ1v) is 10.1. The van der Waals surface area contributed by atoms with Crippen LogP contribution in [0.15, 0.2) is 42.5 Å². The molecule has 7 nitrogen and oxygen atoms in total. The maximum atomic E-state index is 12.5. The summed E-state index contributed by atoms with van der Waals surface area (Å²) in [6.07, 6.45) is -0.677. The van der Waals surface area contributed by atoms with Crippen LogP contribution in [-0.2, 0) is 9.53 Å². The predicted molar refractivity (Wildman–Crippen MR) is 113 cm³/mol. The smallest absolute Gasteiger partial charge is 0.265 e. The standard InChI is InChI=1S/C21H20N4O3S/c1-14(28-17-5-2-15(13-22)3-6-17)20(26)23-16-4-7-18-19(12-16)29-21(24-18)25-8-10-27-11-9-25/h2-7,12,14H,8-11H2,1H3,(H,23,26)/t14-/m1/s1. The number of amides is 1. The fourth-order valence-electron chi connectivity index (χ4n) is 2.99. The lowest BCUT2D eigenvalue weighted by atomic mass is 10.2. The van der Waals surface area contributed by atoms with Crippen LogP contribution in [0.25, 0.3) is 10.2 Å². The van der Waals surface area contributed by atoms with Gasteiger partial charge in [-0.25, -0.2) is 4.98 Å². The van der Waals surface area contributed by atoms with Gasteiger partial charge in [0.05, 0.1) is 35.1 Å². The molecule has 1 aromatic heterocycles. The second kappa shape index (κ2) is 8.47. The van der Waals surface area contributed by atoms with Crippen molar-refractivity contribution in [3.05, 3.63) is 48.0 Å². The Labute approximate surface area is 172 Å². The lowest BCUT2D eigenvalue weighted by Crippen LogP contribution is -2.36. The second-order valence-electron chi connectivity index (χ2n) is 6.66. The Kier molecular flexibility index (Phi) is 5.60. The highest BCUT2D eigenvalue weighted by Crippen LogP contribution is 2.31. The molecule has 1 saturated heterocycles. The average molecular weight is 408 g/mol. The number of hydrogen-bond acceptors (Lipinski definition) is 7. The molecule has 2 heterocycles. The first-order chi connectivity index (χ1) is 14.1. The van der Waals surface area contributed by atoms with Gasteiger partial charge >= 0.3 is 0 Å². The molecule has 1 fully saturated rings. The number of hydrogen-bond donors (Lipinski definition) is 1. The van der Waals surface area contributed by atoms with Crippen LogP contribution in [0.1, 0.15) is 12.5 Å². The molecule has 2 aromatic carbocycles. The summed E-state index contributed by atoms with van der Waals surface area (Å²) in [5, 5.41) is 12.7. The lowest BCUT2D eigenvalue weighted by Gasteiger charge is -2.25. The molecule has 0 radical (unpaired) electrons. The van der Waals surface area contributed by atoms with E-state index in [1.165, 1.54) is 0 Å². The number of thiazole rings is 1. The van der Waals surface area contributed by atoms with Crippen LogP contribution < -0.4 is 15.0 Å². The minimum Gasteiger partial charge on any atom is -0.481 e. The monoisotopic (exact) mass is 408 g/mol. The molecule has 8 heteroatoms. The van der Waals surface area contributed by atoms with E-state index in [2.05, 4.69) is 16.3 Å². The van der Waals surface area contributed by atoms with Gasteiger partial charge in [-0.05, 0) is 49.4 Å². The number of carbonyl (C=O) groups excluding carboxylic acids is 1. The van der Waals surface area contributed by atoms with Gasteiger partial charge in [-0.2, -0.15) is 5.26 Å². The quantitative estimate of drug-likeness (QED) is 0.696. The Balaban J connectivity index is 1.42. The maximum Gasteiger partial charge on any atom is 0.265 e. The summed E-state index contributed by atoms with van der Waals surface area (Å²) in [5.74, 6) is 0.298. The van der Waals surface area contributed by atoms with E-state index in [0.717, 1.165) is 28.4 Å². The summed E-state index contributed by atoms with van der Waals surface area (Å²) >= 11 is 1.61. The lowest BCUT2D eigenvalue weighted by molar-refractivity contribution is -0.122. The molecule has 0 bridgehead atoms. The maximum absolute atomic E-state index is 12.5. The van der Waals surface area contributed by atoms with Gasteiger partial charge in [0.25, 0.3) is 5.91 Å². The number of morpholine rings is 1. The van der Waals surface area contributed by atoms with E-state index >= 15 is 0 Å². The zero-order valence-corrected chi connectivity index (χ0v) is 16.7. The third kappa shape index (κ3) is 4.47. The zero-order valence-electron chi connectivity index (χ0n) is 15.9. The molecule has 1 atom stereocenters. The Morgan fingerprint density at radius 1 is 1.28 bits per heavy atom. The predicted octanol–water partition coefficient (Wildman–Crippen LogP) is 3.41. The number of nitriles is 1. The van der Waals surface area contributed by atoms with Crippen LogP contribution in [-0.4, -0.2) is 43.3 Å². The summed E-state index contributed by atoms with van der Waals surface area (Å²) in [6.45, 7) is 4.80. The molecule has 4 rings (SSSR count). The molecule has 148 valence electrons. The van der Waals surface area contributed by atoms with Crippen LogP contribution >= 0.6 is 11.3 Å². The van der Waals surface area contributed by atoms with E-state index in [0.29, 0.717) is 30.2 Å². The van der Waals surface area contributed by atoms with Crippen molar-refractivity contribution in [2.75, 3.05) is 36.5 Å². The number of anilines is 2. The average Bonchev–Trinajstić information content (AvgIpc) is 3.18. The molecule has 1 amide bonds. The number of ether oxygens (including phenoxy) is 2. The van der Waals surface area contributed by atoms with Crippen LogP contribution in [0.5, 0.6) is 5.75 Å². The van der Waals surface area contributed by atoms with E-state index < -0.39 is 6.10 Å². The van der Waals surface area contributed by atoms with E-state index in [1.807, 2.05) is 18.2 Å². The Bertz CT molecular complexity index is 1050. The molecule has 0 unspecified atom stereocenters. The number of fused-ring (bicyclic) bond motifs is 1. The first kappa shape index (κ1) is 19.2. The van der Waals surface area contributed by atoms with E-state index in [-0.39, 0.29) is 5.91 Å². The fourth-order valence-corrected chi connectivity index (χ4v) is 4.05. The van der Waals surface area contributed by atoms with Gasteiger partial charge in [-0.3, -0.25) is 4.79 Å². The molecule has 0 aliphatic carbocycles. The largest absolute Gasteiger partial charge is 0.481 e. The Morgan fingerprint density at radius 3 is 2.76 bits per heavy atom. The number of aromatic nitrogens is 1. The zero-order chi connectivity index (χ0) is 20.2. The fraction of sp³-hybridized carbons (Fsp3) is 0.286. The minimum atomic E-state index is -0.677. The molecule has 1 aliphatic rings. The van der Waals surface area contributed by atoms with Gasteiger partial charge in [0.15, 0.2) is 11.2 Å². The van der Waals surface area contributed by atoms with Gasteiger partial charge in [0.1, 0.15) is 5.75 Å². The Hall–Kier alpha value is -3.15. The van der Waals surface area contributed by atoms with Gasteiger partial charge in [-0.15, -0.1) is 0 Å². The summed E-state index contributed by atoms with van der Waals surface area (Å²) in [7, 11) is 0. The number of benzene rings is 2. The van der Waals surface area contributed by atoms with E-state index in [9.17, 15) is 4.79 Å². The van der Waals surface area contributed by atoms with Gasteiger partial charge in [0.2, 0.25) is 0 Å². The SMILES string of the molecule is C[C@@H](Oc1ccc(C#N)cc1)C(=O)Nc1ccc2nc(N3CCOCC3)sc2c1. The second-order valence-corrected chi connectivity index (χ2v) is 7.67. The molecular weight excluding hydrogens is 388 g/mol. The third-order valence-corrected chi connectivity index (χ3v) is 5.67. The van der Waals surface area contributed by atoms with E-state index in [1.54, 1.807) is 42.5 Å². The number of carbonyl (C=O) groups is 1. The summed E-state index contributed by atoms with van der Waals surface area (Å²) in [4.78, 5) is 19.4. The topological polar surface area (TPSA) is 87.5 Å². The van der Waals surface area contributed by atoms with Crippen LogP contribution in [0.4, 0.5) is 10.8 Å². The normalized spacial score (nSPS) is 15.0. The van der Waals surface area contributed by atoms with Gasteiger partial charge < -0.3 is 19.7 Å². The highest BCUT2D eigenvalue weighted by atomic mass is 32.1. The van der Waals surface area contributed by atoms with E-state index in [4.69, 9.17) is 19.7 Å². The van der Waals surface area contributed by atoms with Crippen molar-refractivity contribution in [2.24, 2.45) is 0 Å². The van der Waals surface area contributed by atoms with Crippen molar-refractivity contribution in [3.63, 3.8) is 0 Å². The van der Waals surface area contributed by atoms with Gasteiger partial charge in [0, 0.05) is 18.8 Å². The number of rotatable bonds is 5. The minimum absolute atomic E-state index is 0.244. The molecule has 29 heavy (non-hydrogen) atoms. The van der Waals surface area contributed by atoms with Crippen molar-refractivity contribution in [1.29, 1.82) is 5.26 Å². The number of nitrogens with zero attached hydrogens (tertiary/aromatic N) is 3. The van der Waals surface area contributed by atoms with Crippen LogP contribution in [0.3, 0.4) is 0 Å². The highest BCUT2D eigenvalue weighted by Gasteiger charge is 2.17. The van der Waals surface area contributed by atoms with Gasteiger partial charge in [-0.1, -0.05) is 11.3 Å². The van der Waals surface area contributed by atoms with Crippen molar-refractivity contribution in [2.45, 2.75) is 13.0 Å². The Morgan fingerprint density at radius 2 is 2.03 bits per heavy atom.